The van der Waals surface area contributed by atoms with E-state index in [1.165, 1.54) is 0 Å². The lowest BCUT2D eigenvalue weighted by atomic mass is 10.3. The zero-order chi connectivity index (χ0) is 7.84. The molecule has 0 spiro atoms. The fourth-order valence-electron chi connectivity index (χ4n) is 1.12. The van der Waals surface area contributed by atoms with Crippen molar-refractivity contribution in [1.29, 1.82) is 0 Å². The van der Waals surface area contributed by atoms with Crippen molar-refractivity contribution in [2.24, 2.45) is 4.99 Å². The fraction of sp³-hybridized carbons (Fsp3) is 0.333. The summed E-state index contributed by atoms with van der Waals surface area (Å²) in [5.41, 5.74) is 0.501. The van der Waals surface area contributed by atoms with Crippen molar-refractivity contribution in [3.8, 4) is 0 Å². The largest absolute Gasteiger partial charge is 0.282 e. The maximum atomic E-state index is 10.9. The van der Waals surface area contributed by atoms with Crippen molar-refractivity contribution < 1.29 is 10.0 Å². The van der Waals surface area contributed by atoms with Gasteiger partial charge < -0.3 is 0 Å². The number of carbonyl (C=O) groups is 1. The van der Waals surface area contributed by atoms with Crippen LogP contribution in [0.3, 0.4) is 0 Å². The number of hydroxylamine groups is 2. The highest BCUT2D eigenvalue weighted by atomic mass is 16.5. The van der Waals surface area contributed by atoms with Gasteiger partial charge >= 0.3 is 0 Å². The first kappa shape index (κ1) is 6.51. The molecule has 0 radical (unpaired) electrons. The Bertz CT molecular complexity index is 259. The van der Waals surface area contributed by atoms with Crippen LogP contribution in [0.2, 0.25) is 0 Å². The second-order valence-electron chi connectivity index (χ2n) is 2.38. The number of amides is 1. The van der Waals surface area contributed by atoms with E-state index in [2.05, 4.69) is 10.3 Å². The average Bonchev–Trinajstić information content (AvgIpc) is 2.45. The van der Waals surface area contributed by atoms with Gasteiger partial charge in [-0.25, -0.2) is 0 Å². The van der Waals surface area contributed by atoms with E-state index in [-0.39, 0.29) is 18.6 Å². The molecule has 2 heterocycles. The Kier molecular flexibility index (Phi) is 1.27. The van der Waals surface area contributed by atoms with Crippen LogP contribution in [0, 0.1) is 0 Å². The topological polar surface area (TPSA) is 64.9 Å². The van der Waals surface area contributed by atoms with Gasteiger partial charge in [-0.05, 0) is 6.08 Å². The number of allylic oxidation sites excluding steroid dienone is 1. The molecule has 1 unspecified atom stereocenters. The number of aliphatic imine (C=N–C) groups is 1. The van der Waals surface area contributed by atoms with Gasteiger partial charge in [0.05, 0.1) is 12.2 Å². The lowest BCUT2D eigenvalue weighted by molar-refractivity contribution is -0.160. The van der Waals surface area contributed by atoms with E-state index < -0.39 is 0 Å². The van der Waals surface area contributed by atoms with Gasteiger partial charge in [0.15, 0.2) is 0 Å². The fourth-order valence-corrected chi connectivity index (χ4v) is 1.12. The highest BCUT2D eigenvalue weighted by Gasteiger charge is 2.30. The molecule has 5 heteroatoms. The third-order valence-electron chi connectivity index (χ3n) is 1.69. The molecule has 0 bridgehead atoms. The first-order chi connectivity index (χ1) is 5.29. The van der Waals surface area contributed by atoms with Crippen molar-refractivity contribution in [3.05, 3.63) is 11.8 Å². The van der Waals surface area contributed by atoms with Crippen LogP contribution in [0.5, 0.6) is 0 Å². The molecule has 1 fully saturated rings. The van der Waals surface area contributed by atoms with E-state index in [4.69, 9.17) is 5.21 Å². The number of nitrogens with zero attached hydrogens (tertiary/aromatic N) is 2. The SMILES string of the molecule is O=C1CNC2N=CC=C2N1O. The summed E-state index contributed by atoms with van der Waals surface area (Å²) in [6, 6.07) is 0. The lowest BCUT2D eigenvalue weighted by Crippen LogP contribution is -2.49. The molecule has 58 valence electrons. The number of fused-ring (bicyclic) bond motifs is 1. The molecular weight excluding hydrogens is 146 g/mol. The summed E-state index contributed by atoms with van der Waals surface area (Å²) in [4.78, 5) is 14.8. The highest BCUT2D eigenvalue weighted by molar-refractivity contribution is 5.84. The Labute approximate surface area is 63.0 Å². The van der Waals surface area contributed by atoms with E-state index in [1.807, 2.05) is 0 Å². The second-order valence-corrected chi connectivity index (χ2v) is 2.38. The number of carbonyl (C=O) groups excluding carboxylic acids is 1. The van der Waals surface area contributed by atoms with Crippen LogP contribution in [-0.2, 0) is 4.79 Å². The molecule has 0 aromatic rings. The summed E-state index contributed by atoms with van der Waals surface area (Å²) in [6.07, 6.45) is 2.93. The Morgan fingerprint density at radius 3 is 3.45 bits per heavy atom. The molecule has 0 saturated carbocycles. The summed E-state index contributed by atoms with van der Waals surface area (Å²) < 4.78 is 0. The summed E-state index contributed by atoms with van der Waals surface area (Å²) in [7, 11) is 0. The predicted octanol–water partition coefficient (Wildman–Crippen LogP) is -0.898. The summed E-state index contributed by atoms with van der Waals surface area (Å²) >= 11 is 0. The number of nitrogens with one attached hydrogen (secondary N) is 1. The molecule has 2 rings (SSSR count). The van der Waals surface area contributed by atoms with Gasteiger partial charge in [-0.2, -0.15) is 5.06 Å². The van der Waals surface area contributed by atoms with Crippen LogP contribution < -0.4 is 5.32 Å². The first-order valence-corrected chi connectivity index (χ1v) is 3.27. The molecule has 0 aromatic heterocycles. The standard InChI is InChI=1S/C6H7N3O2/c10-5-3-8-6-4(9(5)11)1-2-7-6/h1-2,6,8,11H,3H2. The molecule has 0 aliphatic carbocycles. The number of piperazine rings is 1. The van der Waals surface area contributed by atoms with Gasteiger partial charge in [0.25, 0.3) is 5.91 Å². The minimum absolute atomic E-state index is 0.135. The van der Waals surface area contributed by atoms with Gasteiger partial charge in [-0.15, -0.1) is 0 Å². The second kappa shape index (κ2) is 2.14. The minimum Gasteiger partial charge on any atom is -0.282 e. The maximum absolute atomic E-state index is 10.9. The van der Waals surface area contributed by atoms with Crippen LogP contribution in [0.4, 0.5) is 0 Å². The van der Waals surface area contributed by atoms with Crippen LogP contribution in [-0.4, -0.2) is 35.1 Å². The molecule has 2 N–H and O–H groups in total. The molecule has 1 atom stereocenters. The molecule has 0 aromatic carbocycles. The maximum Gasteiger partial charge on any atom is 0.264 e. The van der Waals surface area contributed by atoms with Gasteiger partial charge in [-0.3, -0.25) is 20.3 Å². The number of rotatable bonds is 0. The number of hydrogen-bond acceptors (Lipinski definition) is 4. The zero-order valence-electron chi connectivity index (χ0n) is 5.69. The smallest absolute Gasteiger partial charge is 0.264 e. The Hall–Kier alpha value is -1.20. The van der Waals surface area contributed by atoms with Crippen LogP contribution in [0.25, 0.3) is 0 Å². The van der Waals surface area contributed by atoms with Gasteiger partial charge in [0, 0.05) is 6.21 Å². The predicted molar refractivity (Wildman–Crippen MR) is 37.0 cm³/mol. The molecule has 2 aliphatic heterocycles. The Balaban J connectivity index is 2.27. The molecule has 5 nitrogen and oxygen atoms in total. The normalized spacial score (nSPS) is 28.8. The number of hydrogen-bond donors (Lipinski definition) is 2. The van der Waals surface area contributed by atoms with E-state index >= 15 is 0 Å². The van der Waals surface area contributed by atoms with Crippen molar-refractivity contribution in [3.63, 3.8) is 0 Å². The highest BCUT2D eigenvalue weighted by Crippen LogP contribution is 2.15. The molecule has 11 heavy (non-hydrogen) atoms. The van der Waals surface area contributed by atoms with E-state index in [9.17, 15) is 4.79 Å². The van der Waals surface area contributed by atoms with Crippen LogP contribution >= 0.6 is 0 Å². The van der Waals surface area contributed by atoms with Gasteiger partial charge in [0.1, 0.15) is 6.17 Å². The third-order valence-corrected chi connectivity index (χ3v) is 1.69. The first-order valence-electron chi connectivity index (χ1n) is 3.27. The zero-order valence-corrected chi connectivity index (χ0v) is 5.69. The van der Waals surface area contributed by atoms with Crippen molar-refractivity contribution in [2.75, 3.05) is 6.54 Å². The van der Waals surface area contributed by atoms with Crippen molar-refractivity contribution in [1.82, 2.24) is 10.4 Å². The molecule has 1 saturated heterocycles. The minimum atomic E-state index is -0.349. The molecule has 1 amide bonds. The van der Waals surface area contributed by atoms with Crippen molar-refractivity contribution >= 4 is 12.1 Å². The quantitative estimate of drug-likeness (QED) is 0.443. The summed E-state index contributed by atoms with van der Waals surface area (Å²) in [6.45, 7) is 0.135. The summed E-state index contributed by atoms with van der Waals surface area (Å²) in [5, 5.41) is 12.6. The average molecular weight is 153 g/mol. The van der Waals surface area contributed by atoms with E-state index in [0.29, 0.717) is 10.8 Å². The lowest BCUT2D eigenvalue weighted by Gasteiger charge is -2.26. The van der Waals surface area contributed by atoms with Crippen LogP contribution in [0.1, 0.15) is 0 Å². The Morgan fingerprint density at radius 2 is 2.64 bits per heavy atom. The van der Waals surface area contributed by atoms with Crippen molar-refractivity contribution in [2.45, 2.75) is 6.17 Å². The van der Waals surface area contributed by atoms with E-state index in [1.54, 1.807) is 12.3 Å². The monoisotopic (exact) mass is 153 g/mol. The van der Waals surface area contributed by atoms with Gasteiger partial charge in [0.2, 0.25) is 0 Å². The van der Waals surface area contributed by atoms with Gasteiger partial charge in [-0.1, -0.05) is 0 Å². The summed E-state index contributed by atoms with van der Waals surface area (Å²) in [5.74, 6) is -0.349. The third kappa shape index (κ3) is 0.856. The Morgan fingerprint density at radius 1 is 1.82 bits per heavy atom. The molecule has 2 aliphatic rings. The van der Waals surface area contributed by atoms with Crippen LogP contribution in [0.15, 0.2) is 16.8 Å². The van der Waals surface area contributed by atoms with E-state index in [0.717, 1.165) is 0 Å². The molecular formula is C6H7N3O2.